The molecular formula is C17H32. The molecule has 0 amide bonds. The van der Waals surface area contributed by atoms with Gasteiger partial charge in [0.2, 0.25) is 0 Å². The van der Waals surface area contributed by atoms with Crippen LogP contribution in [0.3, 0.4) is 0 Å². The van der Waals surface area contributed by atoms with Crippen LogP contribution < -0.4 is 0 Å². The van der Waals surface area contributed by atoms with E-state index in [2.05, 4.69) is 27.7 Å². The summed E-state index contributed by atoms with van der Waals surface area (Å²) in [5.74, 6) is 3.99. The molecule has 0 saturated heterocycles. The maximum atomic E-state index is 2.39. The second kappa shape index (κ2) is 5.33. The topological polar surface area (TPSA) is 0 Å². The maximum Gasteiger partial charge on any atom is -0.0266 e. The summed E-state index contributed by atoms with van der Waals surface area (Å²) in [5.41, 5.74) is 0.795. The van der Waals surface area contributed by atoms with Gasteiger partial charge in [-0.05, 0) is 67.6 Å². The van der Waals surface area contributed by atoms with Crippen LogP contribution >= 0.6 is 0 Å². The first kappa shape index (κ1) is 13.4. The molecular weight excluding hydrogens is 204 g/mol. The normalized spacial score (nSPS) is 36.4. The summed E-state index contributed by atoms with van der Waals surface area (Å²) in [7, 11) is 0. The standard InChI is InChI=1S/C17H32/c1-13(2)5-6-16-11-15-8-10-17(16,12-15)9-7-14(3)4/h13-16H,5-12H2,1-4H3. The lowest BCUT2D eigenvalue weighted by Gasteiger charge is -2.36. The van der Waals surface area contributed by atoms with Crippen LogP contribution in [0.1, 0.15) is 79.1 Å². The van der Waals surface area contributed by atoms with Gasteiger partial charge in [-0.1, -0.05) is 40.5 Å². The van der Waals surface area contributed by atoms with Crippen molar-refractivity contribution in [3.05, 3.63) is 0 Å². The quantitative estimate of drug-likeness (QED) is 0.558. The molecule has 2 bridgehead atoms. The molecule has 0 heterocycles. The van der Waals surface area contributed by atoms with Crippen LogP contribution in [0.15, 0.2) is 0 Å². The predicted molar refractivity (Wildman–Crippen MR) is 76.0 cm³/mol. The third kappa shape index (κ3) is 3.06. The molecule has 0 aromatic carbocycles. The molecule has 2 fully saturated rings. The Hall–Kier alpha value is 0. The Kier molecular flexibility index (Phi) is 4.21. The van der Waals surface area contributed by atoms with Crippen LogP contribution in [-0.2, 0) is 0 Å². The van der Waals surface area contributed by atoms with E-state index in [1.54, 1.807) is 25.7 Å². The van der Waals surface area contributed by atoms with Gasteiger partial charge >= 0.3 is 0 Å². The first-order valence-electron chi connectivity index (χ1n) is 8.02. The van der Waals surface area contributed by atoms with Crippen molar-refractivity contribution in [1.82, 2.24) is 0 Å². The monoisotopic (exact) mass is 236 g/mol. The largest absolute Gasteiger partial charge is 0.0628 e. The van der Waals surface area contributed by atoms with Gasteiger partial charge in [0.1, 0.15) is 0 Å². The molecule has 0 aromatic rings. The molecule has 100 valence electrons. The third-order valence-electron chi connectivity index (χ3n) is 5.54. The smallest absolute Gasteiger partial charge is 0.0266 e. The summed E-state index contributed by atoms with van der Waals surface area (Å²) in [5, 5.41) is 0. The van der Waals surface area contributed by atoms with Gasteiger partial charge in [-0.15, -0.1) is 0 Å². The molecule has 2 saturated carbocycles. The van der Waals surface area contributed by atoms with E-state index in [0.29, 0.717) is 0 Å². The average Bonchev–Trinajstić information content (AvgIpc) is 2.81. The van der Waals surface area contributed by atoms with E-state index in [1.165, 1.54) is 25.7 Å². The van der Waals surface area contributed by atoms with Gasteiger partial charge in [-0.25, -0.2) is 0 Å². The van der Waals surface area contributed by atoms with Crippen molar-refractivity contribution in [2.24, 2.45) is 29.1 Å². The van der Waals surface area contributed by atoms with Crippen LogP contribution in [0.25, 0.3) is 0 Å². The number of rotatable bonds is 6. The average molecular weight is 236 g/mol. The van der Waals surface area contributed by atoms with E-state index in [0.717, 1.165) is 29.1 Å². The minimum Gasteiger partial charge on any atom is -0.0628 e. The van der Waals surface area contributed by atoms with E-state index in [-0.39, 0.29) is 0 Å². The Morgan fingerprint density at radius 3 is 2.35 bits per heavy atom. The Bertz CT molecular complexity index is 240. The molecule has 3 unspecified atom stereocenters. The molecule has 3 atom stereocenters. The molecule has 0 spiro atoms. The van der Waals surface area contributed by atoms with Gasteiger partial charge in [0, 0.05) is 0 Å². The lowest BCUT2D eigenvalue weighted by molar-refractivity contribution is 0.142. The minimum atomic E-state index is 0.795. The van der Waals surface area contributed by atoms with Crippen LogP contribution in [0.5, 0.6) is 0 Å². The fraction of sp³-hybridized carbons (Fsp3) is 1.00. The van der Waals surface area contributed by atoms with Crippen molar-refractivity contribution < 1.29 is 0 Å². The van der Waals surface area contributed by atoms with Crippen LogP contribution in [-0.4, -0.2) is 0 Å². The summed E-state index contributed by atoms with van der Waals surface area (Å²) in [6.07, 6.45) is 12.2. The first-order valence-corrected chi connectivity index (χ1v) is 8.02. The Morgan fingerprint density at radius 2 is 1.76 bits per heavy atom. The lowest BCUT2D eigenvalue weighted by Crippen LogP contribution is -2.26. The van der Waals surface area contributed by atoms with Gasteiger partial charge in [-0.3, -0.25) is 0 Å². The lowest BCUT2D eigenvalue weighted by atomic mass is 9.69. The Balaban J connectivity index is 1.91. The van der Waals surface area contributed by atoms with Crippen molar-refractivity contribution in [3.8, 4) is 0 Å². The van der Waals surface area contributed by atoms with Gasteiger partial charge in [-0.2, -0.15) is 0 Å². The molecule has 0 aromatic heterocycles. The molecule has 17 heavy (non-hydrogen) atoms. The highest BCUT2D eigenvalue weighted by Gasteiger charge is 2.50. The SMILES string of the molecule is CC(C)CCC1CC2CCC1(CCC(C)C)C2. The van der Waals surface area contributed by atoms with Crippen molar-refractivity contribution >= 4 is 0 Å². The van der Waals surface area contributed by atoms with Gasteiger partial charge in [0.25, 0.3) is 0 Å². The third-order valence-corrected chi connectivity index (χ3v) is 5.54. The van der Waals surface area contributed by atoms with E-state index < -0.39 is 0 Å². The number of hydrogen-bond acceptors (Lipinski definition) is 0. The minimum absolute atomic E-state index is 0.795. The zero-order valence-electron chi connectivity index (χ0n) is 12.5. The number of fused-ring (bicyclic) bond motifs is 2. The summed E-state index contributed by atoms with van der Waals surface area (Å²) < 4.78 is 0. The summed E-state index contributed by atoms with van der Waals surface area (Å²) in [6.45, 7) is 9.55. The molecule has 2 rings (SSSR count). The molecule has 0 heteroatoms. The number of hydrogen-bond donors (Lipinski definition) is 0. The zero-order valence-corrected chi connectivity index (χ0v) is 12.5. The highest BCUT2D eigenvalue weighted by molar-refractivity contribution is 5.01. The zero-order chi connectivity index (χ0) is 12.5. The summed E-state index contributed by atoms with van der Waals surface area (Å²) in [6, 6.07) is 0. The molecule has 2 aliphatic carbocycles. The van der Waals surface area contributed by atoms with Gasteiger partial charge < -0.3 is 0 Å². The van der Waals surface area contributed by atoms with Crippen molar-refractivity contribution in [1.29, 1.82) is 0 Å². The highest BCUT2D eigenvalue weighted by atomic mass is 14.6. The fourth-order valence-electron chi connectivity index (χ4n) is 4.46. The maximum absolute atomic E-state index is 2.39. The van der Waals surface area contributed by atoms with Crippen molar-refractivity contribution in [3.63, 3.8) is 0 Å². The predicted octanol–water partition coefficient (Wildman–Crippen LogP) is 5.67. The van der Waals surface area contributed by atoms with E-state index in [4.69, 9.17) is 0 Å². The van der Waals surface area contributed by atoms with Crippen LogP contribution in [0.2, 0.25) is 0 Å². The highest BCUT2D eigenvalue weighted by Crippen LogP contribution is 2.61. The fourth-order valence-corrected chi connectivity index (χ4v) is 4.46. The van der Waals surface area contributed by atoms with E-state index in [1.807, 2.05) is 0 Å². The van der Waals surface area contributed by atoms with Crippen molar-refractivity contribution in [2.75, 3.05) is 0 Å². The molecule has 0 aliphatic heterocycles. The van der Waals surface area contributed by atoms with Gasteiger partial charge in [0.15, 0.2) is 0 Å². The Labute approximate surface area is 109 Å². The second-order valence-corrected chi connectivity index (χ2v) is 7.81. The first-order chi connectivity index (χ1) is 8.02. The molecule has 2 aliphatic rings. The van der Waals surface area contributed by atoms with Crippen LogP contribution in [0.4, 0.5) is 0 Å². The van der Waals surface area contributed by atoms with E-state index >= 15 is 0 Å². The van der Waals surface area contributed by atoms with Crippen LogP contribution in [0, 0.1) is 29.1 Å². The molecule has 0 nitrogen and oxygen atoms in total. The van der Waals surface area contributed by atoms with Crippen molar-refractivity contribution in [2.45, 2.75) is 79.1 Å². The molecule has 0 N–H and O–H groups in total. The van der Waals surface area contributed by atoms with Gasteiger partial charge in [0.05, 0.1) is 0 Å². The summed E-state index contributed by atoms with van der Waals surface area (Å²) in [4.78, 5) is 0. The van der Waals surface area contributed by atoms with E-state index in [9.17, 15) is 0 Å². The Morgan fingerprint density at radius 1 is 1.06 bits per heavy atom. The molecule has 0 radical (unpaired) electrons. The summed E-state index contributed by atoms with van der Waals surface area (Å²) >= 11 is 0. The second-order valence-electron chi connectivity index (χ2n) is 7.81.